The van der Waals surface area contributed by atoms with Crippen molar-refractivity contribution in [2.24, 2.45) is 11.5 Å². The number of halogens is 1. The molecule has 18 N–H and O–H groups in total. The van der Waals surface area contributed by atoms with Gasteiger partial charge in [-0.1, -0.05) is 85.8 Å². The minimum Gasteiger partial charge on any atom is -0.497 e. The van der Waals surface area contributed by atoms with Crippen molar-refractivity contribution < 1.29 is 87.1 Å². The number of benzene rings is 4. The first-order valence-corrected chi connectivity index (χ1v) is 30.6. The molecular formula is C65H87FN12O17. The largest absolute Gasteiger partial charge is 0.497 e. The van der Waals surface area contributed by atoms with Crippen LogP contribution in [0.1, 0.15) is 89.5 Å². The molecule has 0 aromatic heterocycles. The van der Waals surface area contributed by atoms with E-state index in [1.165, 1.54) is 32.0 Å². The molecule has 95 heavy (non-hydrogen) atoms. The number of methoxy groups -OCH3 is 1. The maximum atomic E-state index is 15.3. The van der Waals surface area contributed by atoms with E-state index in [1.807, 2.05) is 67.6 Å². The molecule has 29 nitrogen and oxygen atoms in total. The van der Waals surface area contributed by atoms with Crippen LogP contribution in [0.15, 0.2) is 97.1 Å². The number of aryl methyl sites for hydroxylation is 2. The van der Waals surface area contributed by atoms with Crippen LogP contribution in [0.5, 0.6) is 5.75 Å². The molecule has 0 spiro atoms. The number of aliphatic hydroxyl groups excluding tert-OH is 3. The average molecular weight is 1330 g/mol. The first-order valence-electron chi connectivity index (χ1n) is 30.6. The summed E-state index contributed by atoms with van der Waals surface area (Å²) in [5.74, 6) is -13.0. The second-order valence-corrected chi connectivity index (χ2v) is 23.3. The lowest BCUT2D eigenvalue weighted by Gasteiger charge is -2.34. The van der Waals surface area contributed by atoms with Gasteiger partial charge in [0.15, 0.2) is 0 Å². The summed E-state index contributed by atoms with van der Waals surface area (Å²) in [6, 6.07) is 17.4. The van der Waals surface area contributed by atoms with Gasteiger partial charge in [0.25, 0.3) is 0 Å². The van der Waals surface area contributed by atoms with Gasteiger partial charge in [-0.3, -0.25) is 57.5 Å². The molecular weight excluding hydrogens is 1240 g/mol. The minimum atomic E-state index is -2.34. The highest BCUT2D eigenvalue weighted by atomic mass is 19.1. The molecule has 4 aromatic carbocycles. The first-order chi connectivity index (χ1) is 44.8. The van der Waals surface area contributed by atoms with Crippen molar-refractivity contribution in [3.8, 4) is 16.9 Å². The maximum absolute atomic E-state index is 15.3. The van der Waals surface area contributed by atoms with E-state index in [1.54, 1.807) is 19.2 Å². The van der Waals surface area contributed by atoms with Crippen LogP contribution < -0.4 is 69.4 Å². The van der Waals surface area contributed by atoms with E-state index >= 15 is 4.39 Å². The molecule has 0 fully saturated rings. The second kappa shape index (κ2) is 37.1. The Labute approximate surface area is 548 Å². The number of carbonyl (C=O) groups is 12. The minimum absolute atomic E-state index is 0.111. The highest BCUT2D eigenvalue weighted by Crippen LogP contribution is 2.29. The molecule has 0 bridgehead atoms. The maximum Gasteiger partial charge on any atom is 0.303 e. The lowest BCUT2D eigenvalue weighted by molar-refractivity contribution is -0.140. The third-order valence-corrected chi connectivity index (χ3v) is 15.2. The summed E-state index contributed by atoms with van der Waals surface area (Å²) >= 11 is 0. The number of aliphatic carboxylic acids is 1. The highest BCUT2D eigenvalue weighted by Gasteiger charge is 2.42. The van der Waals surface area contributed by atoms with Crippen molar-refractivity contribution >= 4 is 70.9 Å². The van der Waals surface area contributed by atoms with Gasteiger partial charge in [0.2, 0.25) is 65.0 Å². The Balaban J connectivity index is 1.50. The fraction of sp³-hybridized carbons (Fsp3) is 0.446. The predicted octanol–water partition coefficient (Wildman–Crippen LogP) is -2.15. The number of carboxylic acids is 1. The van der Waals surface area contributed by atoms with E-state index in [-0.39, 0.29) is 18.4 Å². The van der Waals surface area contributed by atoms with Crippen molar-refractivity contribution in [1.82, 2.24) is 53.2 Å². The van der Waals surface area contributed by atoms with E-state index in [2.05, 4.69) is 53.2 Å². The Morgan fingerprint density at radius 3 is 1.76 bits per heavy atom. The molecule has 4 rings (SSSR count). The van der Waals surface area contributed by atoms with E-state index in [9.17, 15) is 78.0 Å². The number of ether oxygens (including phenoxy) is 1. The number of nitrogens with one attached hydrogen (secondary N) is 10. The highest BCUT2D eigenvalue weighted by molar-refractivity contribution is 6.00. The Morgan fingerprint density at radius 2 is 1.19 bits per heavy atom. The van der Waals surface area contributed by atoms with E-state index < -0.39 is 182 Å². The van der Waals surface area contributed by atoms with Crippen LogP contribution in [0, 0.1) is 5.82 Å². The molecule has 0 aliphatic carbocycles. The molecule has 0 saturated heterocycles. The van der Waals surface area contributed by atoms with Gasteiger partial charge in [0, 0.05) is 19.3 Å². The number of aliphatic hydroxyl groups is 3. The van der Waals surface area contributed by atoms with Gasteiger partial charge in [-0.25, -0.2) is 4.39 Å². The van der Waals surface area contributed by atoms with E-state index in [0.717, 1.165) is 49.1 Å². The molecule has 0 radical (unpaired) electrons. The Kier molecular flexibility index (Phi) is 30.3. The molecule has 0 aliphatic rings. The SMILES string of the molecule is CCc1cc(OC)ccc1-c1ccc(C[C@H](NC(=O)CNC(=O)[C@H](CO)NC(=O)[C@@H](NC(=O)[C@](C)(Cc2ccccc2F)NC(=O)[C@@H](NC(=O)CNC(=O)[C@H](CCC(=O)O)NC(=O)C(C)(C)NC(=O)CN)[C@@H](C)O)[C@@H](C)O)C(=O)N[C@@H](CCCc2ccccc2)C(N)=O)cc1. The Hall–Kier alpha value is -9.91. The number of hydrogen-bond donors (Lipinski definition) is 16. The molecule has 0 heterocycles. The molecule has 0 saturated carbocycles. The average Bonchev–Trinajstić information content (AvgIpc) is 1.00. The zero-order valence-electron chi connectivity index (χ0n) is 54.0. The molecule has 0 aliphatic heterocycles. The van der Waals surface area contributed by atoms with Gasteiger partial charge < -0.3 is 89.8 Å². The summed E-state index contributed by atoms with van der Waals surface area (Å²) in [6.45, 7) is 4.37. The monoisotopic (exact) mass is 1330 g/mol. The van der Waals surface area contributed by atoms with Crippen LogP contribution >= 0.6 is 0 Å². The standard InChI is InChI=1S/C65H87FN12O17/c1-8-40-30-43(95-7)25-26-44(40)41-23-21-39(22-24-41)29-48(59(90)72-46(56(68)87)20-14-17-38-15-10-9-11-16-38)71-51(83)33-70-58(89)49(35-79)73-60(91)54(36(2)80)76-63(94)65(6,31-42-18-12-13-19-45(42)66)78-61(92)55(37(3)81)75-52(84)34-69-57(88)47(27-28-53(85)86)74-62(93)64(4,5)77-50(82)32-67/h9-13,15-16,18-19,21-26,30,36-37,46-49,54-55,79-81H,8,14,17,20,27-29,31-35,67H2,1-7H3,(H2,68,87)(H,69,88)(H,70,89)(H,71,83)(H,72,90)(H,73,91)(H,74,93)(H,75,84)(H,76,94)(H,77,82)(H,78,92)(H,85,86)/t36-,37-,46+,47+,48+,49+,54+,55+,65+/m1/s1. The van der Waals surface area contributed by atoms with E-state index in [0.29, 0.717) is 30.6 Å². The topological polar surface area (TPSA) is 467 Å². The molecule has 0 unspecified atom stereocenters. The summed E-state index contributed by atoms with van der Waals surface area (Å²) < 4.78 is 20.7. The van der Waals surface area contributed by atoms with Gasteiger partial charge >= 0.3 is 5.97 Å². The van der Waals surface area contributed by atoms with E-state index in [4.69, 9.17) is 16.2 Å². The van der Waals surface area contributed by atoms with Crippen LogP contribution in [0.3, 0.4) is 0 Å². The predicted molar refractivity (Wildman–Crippen MR) is 343 cm³/mol. The van der Waals surface area contributed by atoms with Gasteiger partial charge in [-0.05, 0) is 118 Å². The fourth-order valence-corrected chi connectivity index (χ4v) is 9.75. The second-order valence-electron chi connectivity index (χ2n) is 23.3. The molecule has 11 amide bonds. The van der Waals surface area contributed by atoms with Gasteiger partial charge in [-0.15, -0.1) is 0 Å². The number of nitrogens with two attached hydrogens (primary N) is 2. The zero-order valence-corrected chi connectivity index (χ0v) is 54.0. The lowest BCUT2D eigenvalue weighted by atomic mass is 9.90. The normalized spacial score (nSPS) is 14.3. The molecule has 30 heteroatoms. The third kappa shape index (κ3) is 24.5. The smallest absolute Gasteiger partial charge is 0.303 e. The molecule has 9 atom stereocenters. The summed E-state index contributed by atoms with van der Waals surface area (Å²) in [5.41, 5.74) is 11.3. The lowest BCUT2D eigenvalue weighted by Crippen LogP contribution is -2.67. The summed E-state index contributed by atoms with van der Waals surface area (Å²) in [7, 11) is 1.57. The number of carboxylic acid groups (broad SMARTS) is 1. The zero-order chi connectivity index (χ0) is 70.7. The third-order valence-electron chi connectivity index (χ3n) is 15.2. The van der Waals surface area contributed by atoms with Gasteiger partial charge in [0.1, 0.15) is 58.9 Å². The first kappa shape index (κ1) is 77.5. The quantitative estimate of drug-likeness (QED) is 0.0227. The van der Waals surface area contributed by atoms with Crippen molar-refractivity contribution in [3.05, 3.63) is 125 Å². The number of carbonyl (C=O) groups excluding carboxylic acids is 11. The van der Waals surface area contributed by atoms with Crippen LogP contribution in [0.4, 0.5) is 4.39 Å². The Morgan fingerprint density at radius 1 is 0.600 bits per heavy atom. The fourth-order valence-electron chi connectivity index (χ4n) is 9.75. The van der Waals surface area contributed by atoms with Crippen LogP contribution in [-0.2, 0) is 83.2 Å². The Bertz CT molecular complexity index is 3360. The van der Waals surface area contributed by atoms with Crippen molar-refractivity contribution in [1.29, 1.82) is 0 Å². The van der Waals surface area contributed by atoms with Crippen molar-refractivity contribution in [3.63, 3.8) is 0 Å². The van der Waals surface area contributed by atoms with Crippen LogP contribution in [0.25, 0.3) is 11.1 Å². The molecule has 516 valence electrons. The van der Waals surface area contributed by atoms with Crippen LogP contribution in [0.2, 0.25) is 0 Å². The summed E-state index contributed by atoms with van der Waals surface area (Å²) in [5, 5.41) is 64.7. The summed E-state index contributed by atoms with van der Waals surface area (Å²) in [6.07, 6.45) is -3.60. The molecule has 4 aromatic rings. The van der Waals surface area contributed by atoms with Crippen LogP contribution in [-0.4, -0.2) is 184 Å². The number of amides is 11. The van der Waals surface area contributed by atoms with Gasteiger partial charge in [0.05, 0.1) is 45.6 Å². The van der Waals surface area contributed by atoms with Gasteiger partial charge in [-0.2, -0.15) is 0 Å². The number of hydrogen-bond acceptors (Lipinski definition) is 17. The number of primary amides is 1. The summed E-state index contributed by atoms with van der Waals surface area (Å²) in [4.78, 5) is 160. The number of rotatable bonds is 38. The van der Waals surface area contributed by atoms with Crippen molar-refractivity contribution in [2.45, 2.75) is 152 Å². The van der Waals surface area contributed by atoms with Crippen molar-refractivity contribution in [2.75, 3.05) is 33.4 Å².